The van der Waals surface area contributed by atoms with E-state index < -0.39 is 40.1 Å². The van der Waals surface area contributed by atoms with Crippen molar-refractivity contribution in [2.24, 2.45) is 10.8 Å². The van der Waals surface area contributed by atoms with Gasteiger partial charge >= 0.3 is 17.9 Å². The number of carbonyl (C=O) groups is 4. The minimum absolute atomic E-state index is 0.206. The van der Waals surface area contributed by atoms with Crippen LogP contribution in [0.4, 0.5) is 0 Å². The summed E-state index contributed by atoms with van der Waals surface area (Å²) >= 11 is 0. The number of rotatable bonds is 15. The van der Waals surface area contributed by atoms with E-state index in [0.29, 0.717) is 6.42 Å². The molecule has 0 aromatic heterocycles. The molecule has 2 unspecified atom stereocenters. The first-order valence-electron chi connectivity index (χ1n) is 9.87. The second-order valence-corrected chi connectivity index (χ2v) is 7.09. The van der Waals surface area contributed by atoms with E-state index in [9.17, 15) is 34.5 Å². The Bertz CT molecular complexity index is 565. The average molecular weight is 402 g/mol. The van der Waals surface area contributed by atoms with E-state index in [1.54, 1.807) is 0 Å². The molecule has 0 aromatic rings. The molecule has 0 saturated heterocycles. The SMILES string of the molecule is CCCCCCC(C(C)=O)(C(=O)O)C(OCC)(C(=O)O)C(CC)(CC)C(=O)O. The molecule has 0 bridgehead atoms. The predicted octanol–water partition coefficient (Wildman–Crippen LogP) is 3.37. The van der Waals surface area contributed by atoms with Crippen LogP contribution in [0.3, 0.4) is 0 Å². The van der Waals surface area contributed by atoms with Gasteiger partial charge in [-0.1, -0.05) is 46.5 Å². The van der Waals surface area contributed by atoms with Gasteiger partial charge < -0.3 is 20.1 Å². The molecule has 0 aliphatic carbocycles. The third-order valence-electron chi connectivity index (χ3n) is 5.92. The van der Waals surface area contributed by atoms with Gasteiger partial charge in [-0.05, 0) is 33.1 Å². The minimum atomic E-state index is -2.74. The molecule has 162 valence electrons. The number of ether oxygens (including phenoxy) is 1. The summed E-state index contributed by atoms with van der Waals surface area (Å²) in [4.78, 5) is 50.2. The molecule has 0 heterocycles. The molecule has 0 rings (SSSR count). The van der Waals surface area contributed by atoms with Crippen molar-refractivity contribution in [2.45, 2.75) is 85.2 Å². The molecule has 0 amide bonds. The molecule has 0 radical (unpaired) electrons. The van der Waals surface area contributed by atoms with E-state index >= 15 is 0 Å². The van der Waals surface area contributed by atoms with Crippen LogP contribution in [0.2, 0.25) is 0 Å². The molecule has 0 aliphatic heterocycles. The maximum atomic E-state index is 12.8. The number of ketones is 1. The first-order chi connectivity index (χ1) is 13.0. The summed E-state index contributed by atoms with van der Waals surface area (Å²) in [6.45, 7) is 7.11. The van der Waals surface area contributed by atoms with Crippen molar-refractivity contribution in [3.05, 3.63) is 0 Å². The van der Waals surface area contributed by atoms with Crippen molar-refractivity contribution in [2.75, 3.05) is 6.61 Å². The van der Waals surface area contributed by atoms with Crippen LogP contribution < -0.4 is 0 Å². The summed E-state index contributed by atoms with van der Waals surface area (Å²) in [7, 11) is 0. The number of carbonyl (C=O) groups excluding carboxylic acids is 1. The Kier molecular flexibility index (Phi) is 9.81. The first kappa shape index (κ1) is 26.0. The van der Waals surface area contributed by atoms with E-state index in [1.165, 1.54) is 20.8 Å². The zero-order chi connectivity index (χ0) is 22.2. The molecule has 28 heavy (non-hydrogen) atoms. The third kappa shape index (κ3) is 3.92. The number of carboxylic acids is 3. The molecule has 0 spiro atoms. The Morgan fingerprint density at radius 1 is 0.786 bits per heavy atom. The molecule has 0 saturated carbocycles. The van der Waals surface area contributed by atoms with Crippen molar-refractivity contribution in [1.82, 2.24) is 0 Å². The van der Waals surface area contributed by atoms with Crippen LogP contribution in [0.1, 0.15) is 79.6 Å². The maximum absolute atomic E-state index is 12.8. The number of Topliss-reactive ketones (excluding diaryl/α,β-unsaturated/α-hetero) is 1. The molecule has 0 aliphatic rings. The van der Waals surface area contributed by atoms with Crippen LogP contribution in [0.25, 0.3) is 0 Å². The standard InChI is InChI=1S/C20H34O8/c1-6-10-11-12-13-19(14(5)21,16(24)25)20(17(26)27,28-9-4)18(7-2,8-3)15(22)23/h6-13H2,1-5H3,(H,22,23)(H,24,25)(H,26,27). The Balaban J connectivity index is 7.14. The Labute approximate surface area is 166 Å². The predicted molar refractivity (Wildman–Crippen MR) is 102 cm³/mol. The fourth-order valence-electron chi connectivity index (χ4n) is 4.36. The zero-order valence-electron chi connectivity index (χ0n) is 17.5. The quantitative estimate of drug-likeness (QED) is 0.280. The van der Waals surface area contributed by atoms with Crippen molar-refractivity contribution < 1.29 is 39.2 Å². The smallest absolute Gasteiger partial charge is 0.338 e. The lowest BCUT2D eigenvalue weighted by atomic mass is 9.52. The van der Waals surface area contributed by atoms with Gasteiger partial charge in [0.1, 0.15) is 5.41 Å². The van der Waals surface area contributed by atoms with Crippen LogP contribution in [0.5, 0.6) is 0 Å². The van der Waals surface area contributed by atoms with Gasteiger partial charge in [0, 0.05) is 6.61 Å². The highest BCUT2D eigenvalue weighted by Gasteiger charge is 2.75. The normalized spacial score (nSPS) is 16.0. The summed E-state index contributed by atoms with van der Waals surface area (Å²) in [6.07, 6.45) is 1.79. The second kappa shape index (κ2) is 10.5. The number of hydrogen-bond acceptors (Lipinski definition) is 5. The van der Waals surface area contributed by atoms with E-state index in [-0.39, 0.29) is 32.3 Å². The van der Waals surface area contributed by atoms with Crippen molar-refractivity contribution in [1.29, 1.82) is 0 Å². The zero-order valence-corrected chi connectivity index (χ0v) is 17.5. The lowest BCUT2D eigenvalue weighted by Crippen LogP contribution is -2.72. The Morgan fingerprint density at radius 2 is 1.32 bits per heavy atom. The van der Waals surface area contributed by atoms with Gasteiger partial charge in [0.15, 0.2) is 11.2 Å². The highest BCUT2D eigenvalue weighted by atomic mass is 16.5. The first-order valence-corrected chi connectivity index (χ1v) is 9.87. The molecular formula is C20H34O8. The topological polar surface area (TPSA) is 138 Å². The van der Waals surface area contributed by atoms with Crippen LogP contribution in [-0.4, -0.2) is 51.2 Å². The van der Waals surface area contributed by atoms with Gasteiger partial charge in [-0.25, -0.2) is 4.79 Å². The average Bonchev–Trinajstić information content (AvgIpc) is 2.61. The van der Waals surface area contributed by atoms with E-state index in [2.05, 4.69) is 0 Å². The highest BCUT2D eigenvalue weighted by molar-refractivity contribution is 6.10. The maximum Gasteiger partial charge on any atom is 0.338 e. The van der Waals surface area contributed by atoms with Gasteiger partial charge in [0.2, 0.25) is 5.60 Å². The van der Waals surface area contributed by atoms with Crippen LogP contribution in [-0.2, 0) is 23.9 Å². The fourth-order valence-corrected chi connectivity index (χ4v) is 4.36. The summed E-state index contributed by atoms with van der Waals surface area (Å²) in [6, 6.07) is 0. The Hall–Kier alpha value is -1.96. The van der Waals surface area contributed by atoms with Crippen molar-refractivity contribution in [3.63, 3.8) is 0 Å². The summed E-state index contributed by atoms with van der Waals surface area (Å²) in [5.41, 5.74) is -7.36. The summed E-state index contributed by atoms with van der Waals surface area (Å²) < 4.78 is 5.56. The molecule has 0 aromatic carbocycles. The van der Waals surface area contributed by atoms with Crippen LogP contribution >= 0.6 is 0 Å². The molecule has 8 nitrogen and oxygen atoms in total. The number of aliphatic carboxylic acids is 3. The van der Waals surface area contributed by atoms with Gasteiger partial charge in [0.25, 0.3) is 0 Å². The summed E-state index contributed by atoms with van der Waals surface area (Å²) in [5.74, 6) is -5.82. The lowest BCUT2D eigenvalue weighted by Gasteiger charge is -2.52. The third-order valence-corrected chi connectivity index (χ3v) is 5.92. The number of carboxylic acid groups (broad SMARTS) is 3. The molecule has 8 heteroatoms. The molecular weight excluding hydrogens is 368 g/mol. The van der Waals surface area contributed by atoms with E-state index in [1.807, 2.05) is 6.92 Å². The van der Waals surface area contributed by atoms with Crippen LogP contribution in [0, 0.1) is 10.8 Å². The minimum Gasteiger partial charge on any atom is -0.481 e. The van der Waals surface area contributed by atoms with E-state index in [4.69, 9.17) is 4.74 Å². The van der Waals surface area contributed by atoms with Gasteiger partial charge in [-0.3, -0.25) is 14.4 Å². The van der Waals surface area contributed by atoms with Crippen molar-refractivity contribution >= 4 is 23.7 Å². The van der Waals surface area contributed by atoms with Gasteiger partial charge in [-0.15, -0.1) is 0 Å². The van der Waals surface area contributed by atoms with Crippen molar-refractivity contribution in [3.8, 4) is 0 Å². The number of hydrogen-bond donors (Lipinski definition) is 3. The Morgan fingerprint density at radius 3 is 1.61 bits per heavy atom. The monoisotopic (exact) mass is 402 g/mol. The molecule has 0 fully saturated rings. The molecule has 2 atom stereocenters. The van der Waals surface area contributed by atoms with Crippen LogP contribution in [0.15, 0.2) is 0 Å². The largest absolute Gasteiger partial charge is 0.481 e. The second-order valence-electron chi connectivity index (χ2n) is 7.09. The van der Waals surface area contributed by atoms with Gasteiger partial charge in [0.05, 0.1) is 0 Å². The molecule has 3 N–H and O–H groups in total. The van der Waals surface area contributed by atoms with Gasteiger partial charge in [-0.2, -0.15) is 0 Å². The summed E-state index contributed by atoms with van der Waals surface area (Å²) in [5, 5.41) is 30.4. The highest BCUT2D eigenvalue weighted by Crippen LogP contribution is 2.55. The van der Waals surface area contributed by atoms with E-state index in [0.717, 1.165) is 19.8 Å². The number of unbranched alkanes of at least 4 members (excludes halogenated alkanes) is 3. The lowest BCUT2D eigenvalue weighted by molar-refractivity contribution is -0.234. The fraction of sp³-hybridized carbons (Fsp3) is 0.800.